The van der Waals surface area contributed by atoms with E-state index in [2.05, 4.69) is 29.8 Å². The van der Waals surface area contributed by atoms with E-state index in [0.717, 1.165) is 22.2 Å². The largest absolute Gasteiger partial charge is 0.477 e. The van der Waals surface area contributed by atoms with E-state index in [9.17, 15) is 4.79 Å². The normalized spacial score (nSPS) is 12.8. The lowest BCUT2D eigenvalue weighted by atomic mass is 9.97. The van der Waals surface area contributed by atoms with Crippen LogP contribution in [0.2, 0.25) is 0 Å². The molecule has 1 heterocycles. The first kappa shape index (κ1) is 11.7. The van der Waals surface area contributed by atoms with Gasteiger partial charge in [-0.3, -0.25) is 0 Å². The molecule has 0 spiro atoms. The molecule has 0 aliphatic rings. The Bertz CT molecular complexity index is 333. The predicted molar refractivity (Wildman–Crippen MR) is 62.3 cm³/mol. The Hall–Kier alpha value is -0.350. The highest BCUT2D eigenvalue weighted by Crippen LogP contribution is 2.33. The van der Waals surface area contributed by atoms with Gasteiger partial charge in [0.05, 0.1) is 3.79 Å². The zero-order valence-corrected chi connectivity index (χ0v) is 10.6. The van der Waals surface area contributed by atoms with Gasteiger partial charge in [0.25, 0.3) is 0 Å². The van der Waals surface area contributed by atoms with Crippen LogP contribution in [-0.4, -0.2) is 11.1 Å². The van der Waals surface area contributed by atoms with Crippen molar-refractivity contribution in [3.05, 3.63) is 20.3 Å². The van der Waals surface area contributed by atoms with Crippen LogP contribution in [0.4, 0.5) is 0 Å². The van der Waals surface area contributed by atoms with Gasteiger partial charge >= 0.3 is 5.97 Å². The number of carboxylic acids is 1. The maximum Gasteiger partial charge on any atom is 0.346 e. The van der Waals surface area contributed by atoms with E-state index >= 15 is 0 Å². The van der Waals surface area contributed by atoms with Gasteiger partial charge in [-0.25, -0.2) is 4.79 Å². The van der Waals surface area contributed by atoms with Crippen molar-refractivity contribution in [2.24, 2.45) is 0 Å². The molecule has 1 atom stereocenters. The molecule has 1 unspecified atom stereocenters. The quantitative estimate of drug-likeness (QED) is 0.899. The molecule has 78 valence electrons. The molecule has 0 aliphatic heterocycles. The molecule has 0 fully saturated rings. The number of thiophene rings is 1. The molecule has 0 aliphatic carbocycles. The predicted octanol–water partition coefficient (Wildman–Crippen LogP) is 4.11. The first-order chi connectivity index (χ1) is 6.56. The highest BCUT2D eigenvalue weighted by Gasteiger charge is 2.18. The van der Waals surface area contributed by atoms with Gasteiger partial charge in [-0.1, -0.05) is 20.3 Å². The highest BCUT2D eigenvalue weighted by atomic mass is 79.9. The van der Waals surface area contributed by atoms with Crippen molar-refractivity contribution >= 4 is 33.2 Å². The van der Waals surface area contributed by atoms with E-state index in [1.807, 2.05) is 6.07 Å². The van der Waals surface area contributed by atoms with E-state index in [1.54, 1.807) is 0 Å². The molecular weight excluding hydrogens is 264 g/mol. The van der Waals surface area contributed by atoms with Crippen molar-refractivity contribution in [3.63, 3.8) is 0 Å². The smallest absolute Gasteiger partial charge is 0.346 e. The lowest BCUT2D eigenvalue weighted by Gasteiger charge is -2.08. The maximum atomic E-state index is 10.9. The van der Waals surface area contributed by atoms with Crippen molar-refractivity contribution in [1.82, 2.24) is 0 Å². The van der Waals surface area contributed by atoms with E-state index < -0.39 is 5.97 Å². The van der Waals surface area contributed by atoms with Crippen LogP contribution in [0.1, 0.15) is 47.8 Å². The van der Waals surface area contributed by atoms with E-state index in [4.69, 9.17) is 5.11 Å². The lowest BCUT2D eigenvalue weighted by Crippen LogP contribution is -2.00. The third kappa shape index (κ3) is 2.58. The number of carbonyl (C=O) groups is 1. The maximum absolute atomic E-state index is 10.9. The number of carboxylic acid groups (broad SMARTS) is 1. The zero-order valence-electron chi connectivity index (χ0n) is 8.21. The molecule has 0 bridgehead atoms. The minimum atomic E-state index is -0.821. The van der Waals surface area contributed by atoms with Crippen LogP contribution in [0.25, 0.3) is 0 Å². The zero-order chi connectivity index (χ0) is 10.7. The van der Waals surface area contributed by atoms with Crippen LogP contribution in [-0.2, 0) is 0 Å². The van der Waals surface area contributed by atoms with Gasteiger partial charge in [0.1, 0.15) is 4.88 Å². The third-order valence-corrected chi connectivity index (χ3v) is 3.82. The summed E-state index contributed by atoms with van der Waals surface area (Å²) < 4.78 is 0.896. The Balaban J connectivity index is 3.00. The Morgan fingerprint density at radius 1 is 1.71 bits per heavy atom. The molecule has 0 saturated heterocycles. The lowest BCUT2D eigenvalue weighted by molar-refractivity contribution is 0.0700. The van der Waals surface area contributed by atoms with Crippen LogP contribution >= 0.6 is 27.3 Å². The fraction of sp³-hybridized carbons (Fsp3) is 0.500. The molecule has 2 nitrogen and oxygen atoms in total. The van der Waals surface area contributed by atoms with Crippen molar-refractivity contribution in [3.8, 4) is 0 Å². The molecule has 14 heavy (non-hydrogen) atoms. The van der Waals surface area contributed by atoms with Gasteiger partial charge in [-0.05, 0) is 39.9 Å². The van der Waals surface area contributed by atoms with Crippen LogP contribution in [0.5, 0.6) is 0 Å². The van der Waals surface area contributed by atoms with E-state index in [0.29, 0.717) is 10.8 Å². The molecule has 0 amide bonds. The summed E-state index contributed by atoms with van der Waals surface area (Å²) in [6.07, 6.45) is 2.11. The Morgan fingerprint density at radius 2 is 2.36 bits per heavy atom. The molecule has 1 rings (SSSR count). The standard InChI is InChI=1S/C10H13BrO2S/c1-3-4-6(2)7-5-8(11)14-9(7)10(12)13/h5-6H,3-4H2,1-2H3,(H,12,13). The summed E-state index contributed by atoms with van der Waals surface area (Å²) in [6, 6.07) is 1.93. The summed E-state index contributed by atoms with van der Waals surface area (Å²) in [5.74, 6) is -0.493. The van der Waals surface area contributed by atoms with Crippen molar-refractivity contribution in [1.29, 1.82) is 0 Å². The monoisotopic (exact) mass is 276 g/mol. The van der Waals surface area contributed by atoms with Gasteiger partial charge in [-0.2, -0.15) is 0 Å². The highest BCUT2D eigenvalue weighted by molar-refractivity contribution is 9.11. The third-order valence-electron chi connectivity index (χ3n) is 2.18. The summed E-state index contributed by atoms with van der Waals surface area (Å²) in [5.41, 5.74) is 0.955. The molecule has 1 N–H and O–H groups in total. The van der Waals surface area contributed by atoms with Gasteiger partial charge in [0, 0.05) is 0 Å². The fourth-order valence-electron chi connectivity index (χ4n) is 1.50. The number of halogens is 1. The van der Waals surface area contributed by atoms with Crippen LogP contribution < -0.4 is 0 Å². The minimum Gasteiger partial charge on any atom is -0.477 e. The van der Waals surface area contributed by atoms with E-state index in [1.165, 1.54) is 11.3 Å². The number of rotatable bonds is 4. The Kier molecular flexibility index (Phi) is 4.13. The molecule has 0 saturated carbocycles. The number of hydrogen-bond acceptors (Lipinski definition) is 2. The van der Waals surface area contributed by atoms with Crippen molar-refractivity contribution in [2.45, 2.75) is 32.6 Å². The van der Waals surface area contributed by atoms with Crippen molar-refractivity contribution in [2.75, 3.05) is 0 Å². The summed E-state index contributed by atoms with van der Waals surface area (Å²) in [7, 11) is 0. The second kappa shape index (κ2) is 4.94. The topological polar surface area (TPSA) is 37.3 Å². The molecule has 1 aromatic heterocycles. The molecule has 0 aromatic carbocycles. The van der Waals surface area contributed by atoms with Crippen LogP contribution in [0, 0.1) is 0 Å². The second-order valence-corrected chi connectivity index (χ2v) is 5.76. The SMILES string of the molecule is CCCC(C)c1cc(Br)sc1C(=O)O. The van der Waals surface area contributed by atoms with Crippen LogP contribution in [0.15, 0.2) is 9.85 Å². The average Bonchev–Trinajstić information content (AvgIpc) is 2.48. The summed E-state index contributed by atoms with van der Waals surface area (Å²) in [5, 5.41) is 8.99. The fourth-order valence-corrected chi connectivity index (χ4v) is 3.07. The molecule has 1 aromatic rings. The van der Waals surface area contributed by atoms with Crippen molar-refractivity contribution < 1.29 is 9.90 Å². The molecule has 4 heteroatoms. The Labute approximate surface area is 96.1 Å². The van der Waals surface area contributed by atoms with Gasteiger partial charge < -0.3 is 5.11 Å². The Morgan fingerprint density at radius 3 is 2.86 bits per heavy atom. The molecule has 0 radical (unpaired) electrons. The summed E-state index contributed by atoms with van der Waals surface area (Å²) in [4.78, 5) is 11.4. The van der Waals surface area contributed by atoms with Gasteiger partial charge in [0.2, 0.25) is 0 Å². The van der Waals surface area contributed by atoms with E-state index in [-0.39, 0.29) is 0 Å². The molecular formula is C10H13BrO2S. The first-order valence-corrected chi connectivity index (χ1v) is 6.19. The summed E-state index contributed by atoms with van der Waals surface area (Å²) in [6.45, 7) is 4.18. The number of aromatic carboxylic acids is 1. The summed E-state index contributed by atoms with van der Waals surface area (Å²) >= 11 is 4.62. The minimum absolute atomic E-state index is 0.327. The average molecular weight is 277 g/mol. The first-order valence-electron chi connectivity index (χ1n) is 4.58. The second-order valence-electron chi connectivity index (χ2n) is 3.33. The van der Waals surface area contributed by atoms with Crippen LogP contribution in [0.3, 0.4) is 0 Å². The van der Waals surface area contributed by atoms with Gasteiger partial charge in [0.15, 0.2) is 0 Å². The van der Waals surface area contributed by atoms with Gasteiger partial charge in [-0.15, -0.1) is 11.3 Å². The number of hydrogen-bond donors (Lipinski definition) is 1.